The molecule has 1 unspecified atom stereocenters. The van der Waals surface area contributed by atoms with Gasteiger partial charge in [0.05, 0.1) is 13.2 Å². The Hall–Kier alpha value is -1.42. The number of hydrogen-bond donors (Lipinski definition) is 0. The summed E-state index contributed by atoms with van der Waals surface area (Å²) in [5.74, 6) is -0.119. The van der Waals surface area contributed by atoms with Crippen LogP contribution < -0.4 is 0 Å². The van der Waals surface area contributed by atoms with Crippen molar-refractivity contribution in [2.24, 2.45) is 0 Å². The number of benzene rings is 1. The predicted octanol–water partition coefficient (Wildman–Crippen LogP) is 2.14. The lowest BCUT2D eigenvalue weighted by Crippen LogP contribution is -2.41. The molecule has 17 heavy (non-hydrogen) atoms. The maximum Gasteiger partial charge on any atom is 0.222 e. The molecule has 4 heteroatoms. The molecule has 1 aromatic rings. The van der Waals surface area contributed by atoms with Gasteiger partial charge in [0.25, 0.3) is 0 Å². The highest BCUT2D eigenvalue weighted by molar-refractivity contribution is 5.75. The van der Waals surface area contributed by atoms with Crippen LogP contribution in [0.3, 0.4) is 0 Å². The number of ether oxygens (including phenoxy) is 1. The lowest BCUT2D eigenvalue weighted by Gasteiger charge is -2.33. The van der Waals surface area contributed by atoms with Gasteiger partial charge in [-0.3, -0.25) is 4.79 Å². The maximum atomic E-state index is 12.8. The zero-order valence-corrected chi connectivity index (χ0v) is 9.86. The molecule has 92 valence electrons. The van der Waals surface area contributed by atoms with Crippen LogP contribution in [0.4, 0.5) is 4.39 Å². The Bertz CT molecular complexity index is 391. The zero-order chi connectivity index (χ0) is 12.3. The molecule has 0 saturated carbocycles. The Morgan fingerprint density at radius 1 is 1.47 bits per heavy atom. The molecule has 3 nitrogen and oxygen atoms in total. The van der Waals surface area contributed by atoms with Crippen molar-refractivity contribution in [2.45, 2.75) is 19.4 Å². The Labute approximate surface area is 100 Å². The van der Waals surface area contributed by atoms with Gasteiger partial charge in [-0.2, -0.15) is 0 Å². The molecule has 1 fully saturated rings. The Balaban J connectivity index is 2.06. The van der Waals surface area contributed by atoms with Crippen LogP contribution >= 0.6 is 0 Å². The third-order valence-corrected chi connectivity index (χ3v) is 2.96. The van der Waals surface area contributed by atoms with E-state index in [2.05, 4.69) is 0 Å². The molecule has 1 saturated heterocycles. The van der Waals surface area contributed by atoms with Gasteiger partial charge in [0, 0.05) is 13.0 Å². The number of amides is 1. The van der Waals surface area contributed by atoms with Crippen molar-refractivity contribution in [1.29, 1.82) is 0 Å². The highest BCUT2D eigenvalue weighted by Crippen LogP contribution is 2.22. The van der Waals surface area contributed by atoms with E-state index in [1.807, 2.05) is 6.92 Å². The molecular formula is C13H16FNO2. The SMILES string of the molecule is CCC(=O)N1CCOC(c2ccc(F)cc2)C1. The minimum absolute atomic E-state index is 0.139. The first kappa shape index (κ1) is 12.0. The first-order valence-corrected chi connectivity index (χ1v) is 5.85. The summed E-state index contributed by atoms with van der Waals surface area (Å²) in [4.78, 5) is 13.4. The standard InChI is InChI=1S/C13H16FNO2/c1-2-13(16)15-7-8-17-12(9-15)10-3-5-11(14)6-4-10/h3-6,12H,2,7-9H2,1H3. The van der Waals surface area contributed by atoms with Crippen molar-refractivity contribution in [3.63, 3.8) is 0 Å². The second kappa shape index (κ2) is 5.27. The maximum absolute atomic E-state index is 12.8. The molecule has 0 N–H and O–H groups in total. The molecule has 0 aliphatic carbocycles. The lowest BCUT2D eigenvalue weighted by atomic mass is 10.1. The van der Waals surface area contributed by atoms with Crippen LogP contribution in [0.2, 0.25) is 0 Å². The monoisotopic (exact) mass is 237 g/mol. The summed E-state index contributed by atoms with van der Waals surface area (Å²) in [6.07, 6.45) is 0.371. The van der Waals surface area contributed by atoms with Crippen LogP contribution in [0.1, 0.15) is 25.0 Å². The summed E-state index contributed by atoms with van der Waals surface area (Å²) < 4.78 is 18.4. The molecule has 1 heterocycles. The van der Waals surface area contributed by atoms with Gasteiger partial charge in [-0.25, -0.2) is 4.39 Å². The zero-order valence-electron chi connectivity index (χ0n) is 9.86. The Kier molecular flexibility index (Phi) is 3.74. The Morgan fingerprint density at radius 2 is 2.18 bits per heavy atom. The van der Waals surface area contributed by atoms with E-state index in [9.17, 15) is 9.18 Å². The van der Waals surface area contributed by atoms with E-state index in [1.165, 1.54) is 12.1 Å². The van der Waals surface area contributed by atoms with Crippen LogP contribution in [0.15, 0.2) is 24.3 Å². The molecule has 2 rings (SSSR count). The number of carbonyl (C=O) groups is 1. The van der Waals surface area contributed by atoms with Gasteiger partial charge in [0.2, 0.25) is 5.91 Å². The molecule has 1 amide bonds. The fraction of sp³-hybridized carbons (Fsp3) is 0.462. The van der Waals surface area contributed by atoms with E-state index in [1.54, 1.807) is 17.0 Å². The average Bonchev–Trinajstić information content (AvgIpc) is 2.39. The van der Waals surface area contributed by atoms with Crippen molar-refractivity contribution >= 4 is 5.91 Å². The van der Waals surface area contributed by atoms with Gasteiger partial charge < -0.3 is 9.64 Å². The van der Waals surface area contributed by atoms with E-state index in [0.29, 0.717) is 26.1 Å². The summed E-state index contributed by atoms with van der Waals surface area (Å²) in [5, 5.41) is 0. The molecule has 1 aromatic carbocycles. The Morgan fingerprint density at radius 3 is 2.82 bits per heavy atom. The molecule has 1 aliphatic heterocycles. The number of halogens is 1. The average molecular weight is 237 g/mol. The largest absolute Gasteiger partial charge is 0.370 e. The predicted molar refractivity (Wildman–Crippen MR) is 62.0 cm³/mol. The molecule has 1 atom stereocenters. The quantitative estimate of drug-likeness (QED) is 0.788. The highest BCUT2D eigenvalue weighted by atomic mass is 19.1. The van der Waals surface area contributed by atoms with Crippen LogP contribution in [0.5, 0.6) is 0 Å². The molecule has 0 spiro atoms. The lowest BCUT2D eigenvalue weighted by molar-refractivity contribution is -0.138. The summed E-state index contributed by atoms with van der Waals surface area (Å²) in [5.41, 5.74) is 0.917. The van der Waals surface area contributed by atoms with Crippen molar-refractivity contribution in [3.05, 3.63) is 35.6 Å². The smallest absolute Gasteiger partial charge is 0.222 e. The summed E-state index contributed by atoms with van der Waals surface area (Å²) in [6, 6.07) is 6.25. The van der Waals surface area contributed by atoms with E-state index in [0.717, 1.165) is 5.56 Å². The normalized spacial score (nSPS) is 20.4. The second-order valence-electron chi connectivity index (χ2n) is 4.10. The van der Waals surface area contributed by atoms with Crippen LogP contribution in [0.25, 0.3) is 0 Å². The van der Waals surface area contributed by atoms with Crippen molar-refractivity contribution in [1.82, 2.24) is 4.90 Å². The first-order chi connectivity index (χ1) is 8.20. The summed E-state index contributed by atoms with van der Waals surface area (Å²) in [7, 11) is 0. The number of morpholine rings is 1. The van der Waals surface area contributed by atoms with E-state index in [-0.39, 0.29) is 17.8 Å². The second-order valence-corrected chi connectivity index (χ2v) is 4.10. The van der Waals surface area contributed by atoms with Crippen molar-refractivity contribution in [2.75, 3.05) is 19.7 Å². The van der Waals surface area contributed by atoms with Gasteiger partial charge in [-0.15, -0.1) is 0 Å². The molecule has 1 aliphatic rings. The number of hydrogen-bond acceptors (Lipinski definition) is 2. The molecule has 0 radical (unpaired) electrons. The van der Waals surface area contributed by atoms with E-state index in [4.69, 9.17) is 4.74 Å². The third kappa shape index (κ3) is 2.82. The minimum Gasteiger partial charge on any atom is -0.370 e. The van der Waals surface area contributed by atoms with Gasteiger partial charge in [0.15, 0.2) is 0 Å². The van der Waals surface area contributed by atoms with Crippen molar-refractivity contribution < 1.29 is 13.9 Å². The first-order valence-electron chi connectivity index (χ1n) is 5.85. The highest BCUT2D eigenvalue weighted by Gasteiger charge is 2.24. The number of nitrogens with zero attached hydrogens (tertiary/aromatic N) is 1. The van der Waals surface area contributed by atoms with Gasteiger partial charge in [0.1, 0.15) is 11.9 Å². The molecular weight excluding hydrogens is 221 g/mol. The van der Waals surface area contributed by atoms with Gasteiger partial charge in [-0.05, 0) is 17.7 Å². The van der Waals surface area contributed by atoms with Crippen LogP contribution in [0, 0.1) is 5.82 Å². The summed E-state index contributed by atoms with van der Waals surface area (Å²) >= 11 is 0. The van der Waals surface area contributed by atoms with E-state index >= 15 is 0 Å². The summed E-state index contributed by atoms with van der Waals surface area (Å²) in [6.45, 7) is 3.58. The minimum atomic E-state index is -0.258. The van der Waals surface area contributed by atoms with Gasteiger partial charge in [-0.1, -0.05) is 19.1 Å². The van der Waals surface area contributed by atoms with Crippen LogP contribution in [-0.4, -0.2) is 30.5 Å². The molecule has 0 aromatic heterocycles. The number of carbonyl (C=O) groups excluding carboxylic acids is 1. The molecule has 0 bridgehead atoms. The van der Waals surface area contributed by atoms with Crippen LogP contribution in [-0.2, 0) is 9.53 Å². The topological polar surface area (TPSA) is 29.5 Å². The third-order valence-electron chi connectivity index (χ3n) is 2.96. The van der Waals surface area contributed by atoms with E-state index < -0.39 is 0 Å². The fourth-order valence-electron chi connectivity index (χ4n) is 1.98. The van der Waals surface area contributed by atoms with Crippen molar-refractivity contribution in [3.8, 4) is 0 Å². The number of rotatable bonds is 2. The fourth-order valence-corrected chi connectivity index (χ4v) is 1.98. The van der Waals surface area contributed by atoms with Gasteiger partial charge >= 0.3 is 0 Å².